The van der Waals surface area contributed by atoms with Crippen molar-refractivity contribution < 1.29 is 14.3 Å². The number of aromatic nitrogens is 1. The number of ether oxygens (including phenoxy) is 1. The molecule has 1 atom stereocenters. The highest BCUT2D eigenvalue weighted by molar-refractivity contribution is 7.97. The van der Waals surface area contributed by atoms with Crippen molar-refractivity contribution in [2.75, 3.05) is 16.8 Å². The Bertz CT molecular complexity index is 1560. The van der Waals surface area contributed by atoms with Gasteiger partial charge in [0.2, 0.25) is 5.91 Å². The fraction of sp³-hybridized carbons (Fsp3) is 0.324. The van der Waals surface area contributed by atoms with E-state index in [1.54, 1.807) is 23.3 Å². The van der Waals surface area contributed by atoms with Crippen LogP contribution in [0.15, 0.2) is 83.9 Å². The number of amides is 2. The van der Waals surface area contributed by atoms with E-state index in [2.05, 4.69) is 61.1 Å². The van der Waals surface area contributed by atoms with Crippen LogP contribution in [0, 0.1) is 5.92 Å². The molecule has 2 amide bonds. The zero-order valence-corrected chi connectivity index (χ0v) is 26.9. The Morgan fingerprint density at radius 2 is 1.84 bits per heavy atom. The topological polar surface area (TPSA) is 83.6 Å². The molecule has 0 aliphatic carbocycles. The summed E-state index contributed by atoms with van der Waals surface area (Å²) in [7, 11) is 0. The van der Waals surface area contributed by atoms with Crippen molar-refractivity contribution in [3.63, 3.8) is 0 Å². The lowest BCUT2D eigenvalue weighted by Gasteiger charge is -2.22. The molecule has 0 saturated carbocycles. The second-order valence-electron chi connectivity index (χ2n) is 12.0. The third-order valence-corrected chi connectivity index (χ3v) is 9.23. The van der Waals surface area contributed by atoms with E-state index >= 15 is 0 Å². The van der Waals surface area contributed by atoms with Gasteiger partial charge in [-0.05, 0) is 101 Å². The first kappa shape index (κ1) is 30.8. The van der Waals surface area contributed by atoms with Gasteiger partial charge in [-0.3, -0.25) is 14.8 Å². The molecule has 0 radical (unpaired) electrons. The van der Waals surface area contributed by atoms with Gasteiger partial charge in [-0.15, -0.1) is 11.3 Å². The van der Waals surface area contributed by atoms with Crippen LogP contribution in [0.2, 0.25) is 0 Å². The largest absolute Gasteiger partial charge is 0.447 e. The third-order valence-electron chi connectivity index (χ3n) is 6.88. The Labute approximate surface area is 262 Å². The van der Waals surface area contributed by atoms with Crippen LogP contribution in [0.1, 0.15) is 46.6 Å². The SMILES string of the molecule is CC(C)OC(=O)Nc1ccc(-c2ncc(-c3ccc(N4CCC(Cc5ccccc5)C4=O)cc3SNC(C)(C)C)s2)cc1. The highest BCUT2D eigenvalue weighted by atomic mass is 32.2. The lowest BCUT2D eigenvalue weighted by atomic mass is 9.98. The van der Waals surface area contributed by atoms with Crippen molar-refractivity contribution in [2.45, 2.75) is 64.0 Å². The summed E-state index contributed by atoms with van der Waals surface area (Å²) in [5.41, 5.74) is 4.71. The monoisotopic (exact) mass is 614 g/mol. The summed E-state index contributed by atoms with van der Waals surface area (Å²) in [6.45, 7) is 10.7. The Hall–Kier alpha value is -3.66. The standard InChI is InChI=1S/C34H38N4O3S2/c1-22(2)41-33(40)36-26-13-11-24(12-14-26)31-35-21-30(42-31)28-16-15-27(20-29(28)43-37-34(3,4)5)38-18-17-25(32(38)39)19-23-9-7-6-8-10-23/h6-16,20-22,25,37H,17-19H2,1-5H3,(H,36,40). The molecule has 2 N–H and O–H groups in total. The number of hydrogen-bond acceptors (Lipinski definition) is 7. The van der Waals surface area contributed by atoms with E-state index in [9.17, 15) is 9.59 Å². The van der Waals surface area contributed by atoms with Crippen LogP contribution in [-0.2, 0) is 16.0 Å². The molecule has 1 saturated heterocycles. The van der Waals surface area contributed by atoms with Crippen LogP contribution < -0.4 is 14.9 Å². The van der Waals surface area contributed by atoms with Crippen molar-refractivity contribution >= 4 is 46.7 Å². The van der Waals surface area contributed by atoms with E-state index in [1.165, 1.54) is 5.56 Å². The summed E-state index contributed by atoms with van der Waals surface area (Å²) in [5, 5.41) is 3.63. The van der Waals surface area contributed by atoms with Gasteiger partial charge < -0.3 is 9.64 Å². The molecule has 4 aromatic rings. The molecule has 43 heavy (non-hydrogen) atoms. The van der Waals surface area contributed by atoms with E-state index in [0.29, 0.717) is 5.69 Å². The number of hydrogen-bond donors (Lipinski definition) is 2. The van der Waals surface area contributed by atoms with Crippen LogP contribution in [0.4, 0.5) is 16.2 Å². The number of rotatable bonds is 9. The minimum atomic E-state index is -0.473. The zero-order valence-electron chi connectivity index (χ0n) is 25.2. The van der Waals surface area contributed by atoms with Gasteiger partial charge >= 0.3 is 6.09 Å². The van der Waals surface area contributed by atoms with Gasteiger partial charge in [-0.25, -0.2) is 9.78 Å². The zero-order chi connectivity index (χ0) is 30.6. The predicted molar refractivity (Wildman–Crippen MR) is 178 cm³/mol. The fourth-order valence-corrected chi connectivity index (χ4v) is 6.76. The van der Waals surface area contributed by atoms with Crippen molar-refractivity contribution in [1.29, 1.82) is 0 Å². The van der Waals surface area contributed by atoms with Crippen molar-refractivity contribution in [3.05, 3.63) is 84.6 Å². The molecular formula is C34H38N4O3S2. The number of benzene rings is 3. The Morgan fingerprint density at radius 1 is 1.09 bits per heavy atom. The number of nitrogens with one attached hydrogen (secondary N) is 2. The first-order chi connectivity index (χ1) is 20.6. The second-order valence-corrected chi connectivity index (χ2v) is 13.9. The molecule has 0 bridgehead atoms. The molecule has 5 rings (SSSR count). The maximum Gasteiger partial charge on any atom is 0.411 e. The van der Waals surface area contributed by atoms with Gasteiger partial charge in [0.15, 0.2) is 0 Å². The van der Waals surface area contributed by atoms with Gasteiger partial charge in [0.1, 0.15) is 5.01 Å². The number of nitrogens with zero attached hydrogens (tertiary/aromatic N) is 2. The summed E-state index contributed by atoms with van der Waals surface area (Å²) >= 11 is 3.19. The summed E-state index contributed by atoms with van der Waals surface area (Å²) in [6.07, 6.45) is 2.86. The van der Waals surface area contributed by atoms with Crippen LogP contribution in [0.3, 0.4) is 0 Å². The third kappa shape index (κ3) is 8.04. The molecule has 1 fully saturated rings. The van der Waals surface area contributed by atoms with Crippen molar-refractivity contribution in [2.24, 2.45) is 5.92 Å². The average Bonchev–Trinajstić information content (AvgIpc) is 3.59. The minimum Gasteiger partial charge on any atom is -0.447 e. The lowest BCUT2D eigenvalue weighted by Crippen LogP contribution is -2.30. The molecule has 9 heteroatoms. The van der Waals surface area contributed by atoms with Crippen molar-refractivity contribution in [1.82, 2.24) is 9.71 Å². The number of anilines is 2. The fourth-order valence-electron chi connectivity index (χ4n) is 4.85. The molecule has 1 unspecified atom stereocenters. The average molecular weight is 615 g/mol. The molecule has 0 spiro atoms. The quantitative estimate of drug-likeness (QED) is 0.184. The number of thiazole rings is 1. The second kappa shape index (κ2) is 13.3. The van der Waals surface area contributed by atoms with E-state index in [-0.39, 0.29) is 23.5 Å². The first-order valence-electron chi connectivity index (χ1n) is 14.5. The molecule has 2 heterocycles. The van der Waals surface area contributed by atoms with E-state index in [1.807, 2.05) is 67.4 Å². The number of carbonyl (C=O) groups is 2. The molecular weight excluding hydrogens is 577 g/mol. The van der Waals surface area contributed by atoms with Crippen LogP contribution >= 0.6 is 23.3 Å². The highest BCUT2D eigenvalue weighted by Gasteiger charge is 2.33. The molecule has 1 aromatic heterocycles. The summed E-state index contributed by atoms with van der Waals surface area (Å²) in [5.74, 6) is 0.184. The maximum atomic E-state index is 13.4. The Kier molecular flexibility index (Phi) is 9.54. The summed E-state index contributed by atoms with van der Waals surface area (Å²) in [4.78, 5) is 34.1. The van der Waals surface area contributed by atoms with E-state index in [4.69, 9.17) is 9.72 Å². The van der Waals surface area contributed by atoms with Crippen LogP contribution in [0.5, 0.6) is 0 Å². The lowest BCUT2D eigenvalue weighted by molar-refractivity contribution is -0.120. The predicted octanol–water partition coefficient (Wildman–Crippen LogP) is 8.42. The molecule has 7 nitrogen and oxygen atoms in total. The highest BCUT2D eigenvalue weighted by Crippen LogP contribution is 2.40. The Balaban J connectivity index is 1.36. The number of carbonyl (C=O) groups excluding carboxylic acids is 2. The van der Waals surface area contributed by atoms with Crippen LogP contribution in [-0.4, -0.2) is 35.2 Å². The molecule has 1 aliphatic heterocycles. The summed E-state index contributed by atoms with van der Waals surface area (Å²) in [6, 6.07) is 24.1. The van der Waals surface area contributed by atoms with E-state index in [0.717, 1.165) is 51.0 Å². The van der Waals surface area contributed by atoms with Gasteiger partial charge in [0.05, 0.1) is 11.0 Å². The normalized spacial score (nSPS) is 15.3. The van der Waals surface area contributed by atoms with Gasteiger partial charge in [-0.1, -0.05) is 36.4 Å². The first-order valence-corrected chi connectivity index (χ1v) is 16.2. The van der Waals surface area contributed by atoms with E-state index < -0.39 is 6.09 Å². The molecule has 224 valence electrons. The summed E-state index contributed by atoms with van der Waals surface area (Å²) < 4.78 is 8.70. The van der Waals surface area contributed by atoms with Gasteiger partial charge in [-0.2, -0.15) is 0 Å². The van der Waals surface area contributed by atoms with Gasteiger partial charge in [0.25, 0.3) is 0 Å². The minimum absolute atomic E-state index is 0.00243. The Morgan fingerprint density at radius 3 is 2.53 bits per heavy atom. The smallest absolute Gasteiger partial charge is 0.411 e. The van der Waals surface area contributed by atoms with Gasteiger partial charge in [0, 0.05) is 51.6 Å². The molecule has 1 aliphatic rings. The maximum absolute atomic E-state index is 13.4. The molecule has 3 aromatic carbocycles. The van der Waals surface area contributed by atoms with Crippen LogP contribution in [0.25, 0.3) is 21.0 Å². The van der Waals surface area contributed by atoms with Crippen molar-refractivity contribution in [3.8, 4) is 21.0 Å².